The van der Waals surface area contributed by atoms with Gasteiger partial charge in [-0.2, -0.15) is 0 Å². The lowest BCUT2D eigenvalue weighted by Gasteiger charge is -2.16. The largest absolute Gasteiger partial charge is 0.511 e. The van der Waals surface area contributed by atoms with Gasteiger partial charge in [0.05, 0.1) is 5.69 Å². The third-order valence-electron chi connectivity index (χ3n) is 3.20. The molecular weight excluding hydrogens is 294 g/mol. The first kappa shape index (κ1) is 16.7. The number of ether oxygens (including phenoxy) is 1. The number of hydrogen-bond donors (Lipinski definition) is 2. The molecule has 2 N–H and O–H groups in total. The third kappa shape index (κ3) is 4.18. The topological polar surface area (TPSA) is 84.3 Å². The summed E-state index contributed by atoms with van der Waals surface area (Å²) in [5.74, 6) is 1.11. The molecule has 0 unspecified atom stereocenters. The molecule has 0 radical (unpaired) electrons. The molecule has 6 heteroatoms. The molecule has 6 nitrogen and oxygen atoms in total. The fourth-order valence-electron chi connectivity index (χ4n) is 2.13. The normalized spacial score (nSPS) is 10.7. The average Bonchev–Trinajstić information content (AvgIpc) is 2.48. The zero-order chi connectivity index (χ0) is 17.0. The highest BCUT2D eigenvalue weighted by Crippen LogP contribution is 2.30. The second-order valence-corrected chi connectivity index (χ2v) is 5.56. The summed E-state index contributed by atoms with van der Waals surface area (Å²) >= 11 is 0. The van der Waals surface area contributed by atoms with Crippen molar-refractivity contribution in [1.82, 2.24) is 9.97 Å². The predicted molar refractivity (Wildman–Crippen MR) is 89.0 cm³/mol. The molecule has 0 saturated carbocycles. The van der Waals surface area contributed by atoms with Crippen LogP contribution in [0.15, 0.2) is 24.3 Å². The molecule has 1 aromatic heterocycles. The minimum atomic E-state index is -1.38. The van der Waals surface area contributed by atoms with Gasteiger partial charge >= 0.3 is 6.16 Å². The molecule has 0 aliphatic carbocycles. The highest BCUT2D eigenvalue weighted by Gasteiger charge is 2.19. The molecule has 0 fully saturated rings. The molecule has 0 aliphatic heterocycles. The molecule has 0 atom stereocenters. The highest BCUT2D eigenvalue weighted by molar-refractivity contribution is 5.69. The van der Waals surface area contributed by atoms with E-state index >= 15 is 0 Å². The summed E-state index contributed by atoms with van der Waals surface area (Å²) in [5.41, 5.74) is 2.58. The lowest BCUT2D eigenvalue weighted by Crippen LogP contribution is -2.16. The standard InChI is InChI=1S/C17H21N3O3/c1-5-13-14(23-17(21)22)16(18-10(2)3)20-15(19-13)12-8-6-11(4)7-9-12/h6-10H,5H2,1-4H3,(H,21,22)(H,18,19,20). The molecule has 0 bridgehead atoms. The van der Waals surface area contributed by atoms with E-state index < -0.39 is 6.16 Å². The van der Waals surface area contributed by atoms with E-state index in [1.807, 2.05) is 52.0 Å². The van der Waals surface area contributed by atoms with E-state index in [1.165, 1.54) is 0 Å². The molecule has 23 heavy (non-hydrogen) atoms. The number of aryl methyl sites for hydroxylation is 2. The van der Waals surface area contributed by atoms with Crippen molar-refractivity contribution in [2.24, 2.45) is 0 Å². The maximum atomic E-state index is 11.0. The van der Waals surface area contributed by atoms with Crippen LogP contribution in [-0.2, 0) is 6.42 Å². The van der Waals surface area contributed by atoms with Crippen LogP contribution < -0.4 is 10.1 Å². The van der Waals surface area contributed by atoms with Crippen molar-refractivity contribution >= 4 is 12.0 Å². The number of rotatable bonds is 5. The summed E-state index contributed by atoms with van der Waals surface area (Å²) in [6.07, 6.45) is -0.838. The van der Waals surface area contributed by atoms with Crippen LogP contribution in [0.25, 0.3) is 11.4 Å². The number of aromatic nitrogens is 2. The Morgan fingerprint density at radius 3 is 2.43 bits per heavy atom. The second-order valence-electron chi connectivity index (χ2n) is 5.56. The number of hydrogen-bond acceptors (Lipinski definition) is 5. The Hall–Kier alpha value is -2.63. The van der Waals surface area contributed by atoms with Crippen molar-refractivity contribution in [1.29, 1.82) is 0 Å². The van der Waals surface area contributed by atoms with E-state index in [2.05, 4.69) is 15.3 Å². The number of carboxylic acid groups (broad SMARTS) is 1. The Kier molecular flexibility index (Phi) is 5.16. The fraction of sp³-hybridized carbons (Fsp3) is 0.353. The van der Waals surface area contributed by atoms with Gasteiger partial charge in [-0.3, -0.25) is 0 Å². The van der Waals surface area contributed by atoms with Crippen LogP contribution >= 0.6 is 0 Å². The summed E-state index contributed by atoms with van der Waals surface area (Å²) in [7, 11) is 0. The van der Waals surface area contributed by atoms with Crippen LogP contribution in [0.3, 0.4) is 0 Å². The van der Waals surface area contributed by atoms with E-state index in [0.29, 0.717) is 23.8 Å². The molecule has 0 aliphatic rings. The van der Waals surface area contributed by atoms with Crippen molar-refractivity contribution in [3.8, 4) is 17.1 Å². The molecule has 122 valence electrons. The smallest absolute Gasteiger partial charge is 0.449 e. The maximum absolute atomic E-state index is 11.0. The van der Waals surface area contributed by atoms with Crippen molar-refractivity contribution in [2.75, 3.05) is 5.32 Å². The first-order chi connectivity index (χ1) is 10.9. The van der Waals surface area contributed by atoms with Gasteiger partial charge in [-0.15, -0.1) is 0 Å². The molecule has 0 amide bonds. The van der Waals surface area contributed by atoms with Gasteiger partial charge in [-0.1, -0.05) is 36.8 Å². The van der Waals surface area contributed by atoms with Crippen molar-refractivity contribution in [2.45, 2.75) is 40.2 Å². The SMILES string of the molecule is CCc1nc(-c2ccc(C)cc2)nc(NC(C)C)c1OC(=O)O. The Morgan fingerprint density at radius 2 is 1.91 bits per heavy atom. The number of nitrogens with zero attached hydrogens (tertiary/aromatic N) is 2. The summed E-state index contributed by atoms with van der Waals surface area (Å²) in [4.78, 5) is 19.9. The molecule has 2 rings (SSSR count). The monoisotopic (exact) mass is 315 g/mol. The molecule has 0 spiro atoms. The number of nitrogens with one attached hydrogen (secondary N) is 1. The van der Waals surface area contributed by atoms with Crippen molar-refractivity contribution in [3.05, 3.63) is 35.5 Å². The zero-order valence-electron chi connectivity index (χ0n) is 13.8. The fourth-order valence-corrected chi connectivity index (χ4v) is 2.13. The van der Waals surface area contributed by atoms with Gasteiger partial charge in [0.25, 0.3) is 0 Å². The highest BCUT2D eigenvalue weighted by atomic mass is 16.7. The van der Waals surface area contributed by atoms with E-state index in [-0.39, 0.29) is 11.8 Å². The average molecular weight is 315 g/mol. The number of carbonyl (C=O) groups is 1. The van der Waals surface area contributed by atoms with E-state index in [0.717, 1.165) is 11.1 Å². The summed E-state index contributed by atoms with van der Waals surface area (Å²) in [5, 5.41) is 12.1. The van der Waals surface area contributed by atoms with Crippen LogP contribution in [0.1, 0.15) is 32.0 Å². The zero-order valence-corrected chi connectivity index (χ0v) is 13.8. The minimum Gasteiger partial charge on any atom is -0.449 e. The van der Waals surface area contributed by atoms with E-state index in [9.17, 15) is 4.79 Å². The Bertz CT molecular complexity index is 697. The van der Waals surface area contributed by atoms with Crippen LogP contribution in [0.4, 0.5) is 10.6 Å². The van der Waals surface area contributed by atoms with E-state index in [4.69, 9.17) is 9.84 Å². The van der Waals surface area contributed by atoms with Gasteiger partial charge in [0.15, 0.2) is 17.4 Å². The summed E-state index contributed by atoms with van der Waals surface area (Å²) in [6, 6.07) is 7.95. The third-order valence-corrected chi connectivity index (χ3v) is 3.20. The van der Waals surface area contributed by atoms with Crippen LogP contribution in [0.2, 0.25) is 0 Å². The predicted octanol–water partition coefficient (Wildman–Crippen LogP) is 3.89. The maximum Gasteiger partial charge on any atom is 0.511 e. The quantitative estimate of drug-likeness (QED) is 0.814. The number of anilines is 1. The summed E-state index contributed by atoms with van der Waals surface area (Å²) in [6.45, 7) is 7.81. The Labute approximate surface area is 135 Å². The first-order valence-electron chi connectivity index (χ1n) is 7.56. The van der Waals surface area contributed by atoms with Gasteiger partial charge in [-0.25, -0.2) is 14.8 Å². The van der Waals surface area contributed by atoms with Crippen molar-refractivity contribution < 1.29 is 14.6 Å². The molecule has 1 aromatic carbocycles. The molecule has 0 saturated heterocycles. The lowest BCUT2D eigenvalue weighted by atomic mass is 10.1. The van der Waals surface area contributed by atoms with E-state index in [1.54, 1.807) is 0 Å². The van der Waals surface area contributed by atoms with Gasteiger partial charge in [-0.05, 0) is 27.2 Å². The first-order valence-corrected chi connectivity index (χ1v) is 7.56. The minimum absolute atomic E-state index is 0.0802. The van der Waals surface area contributed by atoms with Gasteiger partial charge in [0, 0.05) is 11.6 Å². The molecule has 1 heterocycles. The van der Waals surface area contributed by atoms with Crippen LogP contribution in [-0.4, -0.2) is 27.3 Å². The lowest BCUT2D eigenvalue weighted by molar-refractivity contribution is 0.144. The van der Waals surface area contributed by atoms with Crippen LogP contribution in [0, 0.1) is 6.92 Å². The van der Waals surface area contributed by atoms with Gasteiger partial charge in [0.2, 0.25) is 0 Å². The van der Waals surface area contributed by atoms with Gasteiger partial charge < -0.3 is 15.2 Å². The molecule has 2 aromatic rings. The van der Waals surface area contributed by atoms with Gasteiger partial charge in [0.1, 0.15) is 0 Å². The Morgan fingerprint density at radius 1 is 1.26 bits per heavy atom. The Balaban J connectivity index is 2.56. The summed E-state index contributed by atoms with van der Waals surface area (Å²) < 4.78 is 4.91. The second kappa shape index (κ2) is 7.09. The van der Waals surface area contributed by atoms with Crippen LogP contribution in [0.5, 0.6) is 5.75 Å². The number of benzene rings is 1. The van der Waals surface area contributed by atoms with Crippen molar-refractivity contribution in [3.63, 3.8) is 0 Å². The molecular formula is C17H21N3O3.